The molecular weight excluding hydrogens is 631 g/mol. The standard InChI is InChI=1S/C24H31F13O6/c1-6-18(4,16(39)43-14(25)21(26,27)28)10-17(2,3)15(38)42-13-8-11(19(5,40)22(29,30)31)7-12(9-13)20(41,23(32,33)34)24(35,36)37/h11-14,40-41H,6-10H2,1-5H3. The van der Waals surface area contributed by atoms with Crippen molar-refractivity contribution in [3.05, 3.63) is 0 Å². The highest BCUT2D eigenvalue weighted by atomic mass is 19.4. The summed E-state index contributed by atoms with van der Waals surface area (Å²) in [5.74, 6) is -8.84. The first-order valence-corrected chi connectivity index (χ1v) is 12.6. The number of alkyl halides is 13. The lowest BCUT2D eigenvalue weighted by molar-refractivity contribution is -0.391. The molecule has 0 bridgehead atoms. The largest absolute Gasteiger partial charge is 0.462 e. The molecule has 1 fully saturated rings. The van der Waals surface area contributed by atoms with E-state index in [0.29, 0.717) is 0 Å². The number of halogens is 13. The van der Waals surface area contributed by atoms with E-state index in [1.165, 1.54) is 6.92 Å². The number of hydrogen-bond acceptors (Lipinski definition) is 6. The van der Waals surface area contributed by atoms with E-state index in [9.17, 15) is 76.9 Å². The second kappa shape index (κ2) is 12.0. The van der Waals surface area contributed by atoms with Crippen molar-refractivity contribution in [3.8, 4) is 0 Å². The van der Waals surface area contributed by atoms with Gasteiger partial charge in [-0.05, 0) is 59.8 Å². The highest BCUT2D eigenvalue weighted by molar-refractivity contribution is 5.80. The van der Waals surface area contributed by atoms with Crippen LogP contribution in [0.3, 0.4) is 0 Å². The molecule has 43 heavy (non-hydrogen) atoms. The molecule has 1 aliphatic carbocycles. The first-order valence-electron chi connectivity index (χ1n) is 12.6. The highest BCUT2D eigenvalue weighted by Crippen LogP contribution is 2.55. The number of hydrogen-bond donors (Lipinski definition) is 2. The molecule has 0 saturated heterocycles. The third-order valence-corrected chi connectivity index (χ3v) is 7.89. The van der Waals surface area contributed by atoms with Gasteiger partial charge in [-0.2, -0.15) is 57.1 Å². The number of carbonyl (C=O) groups excluding carboxylic acids is 2. The Hall–Kier alpha value is -2.05. The van der Waals surface area contributed by atoms with E-state index in [4.69, 9.17) is 4.74 Å². The van der Waals surface area contributed by atoms with Gasteiger partial charge in [0, 0.05) is 11.8 Å². The SMILES string of the molecule is CCC(C)(CC(C)(C)C(=O)OC1CC(C(C)(O)C(F)(F)F)CC(C(O)(C(F)(F)F)C(F)(F)F)C1)C(=O)OC(F)C(F)(F)F. The second-order valence-corrected chi connectivity index (χ2v) is 11.8. The molecule has 0 spiro atoms. The molecule has 1 aliphatic rings. The number of carbonyl (C=O) groups is 2. The molecule has 254 valence electrons. The van der Waals surface area contributed by atoms with Gasteiger partial charge in [0.2, 0.25) is 0 Å². The van der Waals surface area contributed by atoms with Crippen molar-refractivity contribution in [2.75, 3.05) is 0 Å². The number of aliphatic hydroxyl groups is 2. The van der Waals surface area contributed by atoms with Crippen molar-refractivity contribution < 1.29 is 86.4 Å². The molecule has 6 nitrogen and oxygen atoms in total. The van der Waals surface area contributed by atoms with E-state index in [-0.39, 0.29) is 13.3 Å². The van der Waals surface area contributed by atoms with Gasteiger partial charge in [-0.15, -0.1) is 0 Å². The minimum Gasteiger partial charge on any atom is -0.462 e. The predicted octanol–water partition coefficient (Wildman–Crippen LogP) is 6.72. The van der Waals surface area contributed by atoms with Gasteiger partial charge in [0.1, 0.15) is 6.10 Å². The molecule has 1 saturated carbocycles. The maximum atomic E-state index is 13.6. The van der Waals surface area contributed by atoms with Crippen LogP contribution in [0, 0.1) is 22.7 Å². The summed E-state index contributed by atoms with van der Waals surface area (Å²) in [6.45, 7) is 4.25. The van der Waals surface area contributed by atoms with Crippen LogP contribution in [0.15, 0.2) is 0 Å². The van der Waals surface area contributed by atoms with Gasteiger partial charge < -0.3 is 19.7 Å². The summed E-state index contributed by atoms with van der Waals surface area (Å²) < 4.78 is 182. The molecule has 1 rings (SSSR count). The Morgan fingerprint density at radius 1 is 0.744 bits per heavy atom. The predicted molar refractivity (Wildman–Crippen MR) is 118 cm³/mol. The molecule has 0 aromatic carbocycles. The van der Waals surface area contributed by atoms with Gasteiger partial charge in [-0.1, -0.05) is 6.92 Å². The summed E-state index contributed by atoms with van der Waals surface area (Å²) >= 11 is 0. The Balaban J connectivity index is 3.43. The van der Waals surface area contributed by atoms with Gasteiger partial charge in [0.05, 0.1) is 10.8 Å². The van der Waals surface area contributed by atoms with Gasteiger partial charge >= 0.3 is 43.0 Å². The molecule has 6 unspecified atom stereocenters. The fourth-order valence-corrected chi connectivity index (χ4v) is 5.02. The number of rotatable bonds is 9. The van der Waals surface area contributed by atoms with Crippen LogP contribution in [0.4, 0.5) is 57.1 Å². The minimum absolute atomic E-state index is 0.0838. The zero-order valence-electron chi connectivity index (χ0n) is 23.3. The lowest BCUT2D eigenvalue weighted by Gasteiger charge is -2.47. The van der Waals surface area contributed by atoms with Gasteiger partial charge in [-0.25, -0.2) is 0 Å². The van der Waals surface area contributed by atoms with Crippen LogP contribution in [-0.2, 0) is 19.1 Å². The summed E-state index contributed by atoms with van der Waals surface area (Å²) in [6, 6.07) is 0. The molecule has 0 amide bonds. The first-order chi connectivity index (χ1) is 18.8. The van der Waals surface area contributed by atoms with Crippen LogP contribution >= 0.6 is 0 Å². The molecule has 6 atom stereocenters. The third-order valence-electron chi connectivity index (χ3n) is 7.89. The lowest BCUT2D eigenvalue weighted by Crippen LogP contribution is -2.64. The average Bonchev–Trinajstić information content (AvgIpc) is 2.79. The molecule has 0 aromatic rings. The zero-order valence-corrected chi connectivity index (χ0v) is 23.3. The van der Waals surface area contributed by atoms with Gasteiger partial charge in [-0.3, -0.25) is 9.59 Å². The number of esters is 2. The fraction of sp³-hybridized carbons (Fsp3) is 0.917. The molecule has 0 aliphatic heterocycles. The van der Waals surface area contributed by atoms with E-state index in [1.807, 2.05) is 0 Å². The van der Waals surface area contributed by atoms with Crippen LogP contribution in [0.1, 0.15) is 66.7 Å². The Morgan fingerprint density at radius 3 is 1.56 bits per heavy atom. The Bertz CT molecular complexity index is 986. The summed E-state index contributed by atoms with van der Waals surface area (Å²) in [7, 11) is 0. The van der Waals surface area contributed by atoms with Crippen LogP contribution in [-0.4, -0.2) is 70.5 Å². The third kappa shape index (κ3) is 8.16. The molecular formula is C24H31F13O6. The summed E-state index contributed by atoms with van der Waals surface area (Å²) in [5, 5.41) is 19.9. The van der Waals surface area contributed by atoms with Crippen molar-refractivity contribution >= 4 is 11.9 Å². The van der Waals surface area contributed by atoms with Crippen molar-refractivity contribution in [1.82, 2.24) is 0 Å². The zero-order chi connectivity index (χ0) is 34.4. The number of ether oxygens (including phenoxy) is 2. The van der Waals surface area contributed by atoms with Gasteiger partial charge in [0.25, 0.3) is 5.60 Å². The maximum absolute atomic E-state index is 13.6. The lowest BCUT2D eigenvalue weighted by atomic mass is 9.66. The summed E-state index contributed by atoms with van der Waals surface area (Å²) in [4.78, 5) is 25.4. The van der Waals surface area contributed by atoms with E-state index >= 15 is 0 Å². The Morgan fingerprint density at radius 2 is 1.19 bits per heavy atom. The summed E-state index contributed by atoms with van der Waals surface area (Å²) in [6.07, 6.45) is -35.7. The molecule has 19 heteroatoms. The van der Waals surface area contributed by atoms with Crippen molar-refractivity contribution in [2.45, 2.75) is 115 Å². The van der Waals surface area contributed by atoms with Crippen LogP contribution < -0.4 is 0 Å². The highest BCUT2D eigenvalue weighted by Gasteiger charge is 2.75. The van der Waals surface area contributed by atoms with E-state index in [2.05, 4.69) is 4.74 Å². The van der Waals surface area contributed by atoms with E-state index < -0.39 is 109 Å². The topological polar surface area (TPSA) is 93.1 Å². The monoisotopic (exact) mass is 662 g/mol. The average molecular weight is 662 g/mol. The molecule has 0 radical (unpaired) electrons. The van der Waals surface area contributed by atoms with Crippen LogP contribution in [0.25, 0.3) is 0 Å². The quantitative estimate of drug-likeness (QED) is 0.211. The minimum atomic E-state index is -6.47. The van der Waals surface area contributed by atoms with Crippen LogP contribution in [0.2, 0.25) is 0 Å². The molecule has 2 N–H and O–H groups in total. The fourth-order valence-electron chi connectivity index (χ4n) is 5.02. The Labute approximate surface area is 236 Å². The molecule has 0 heterocycles. The van der Waals surface area contributed by atoms with Crippen LogP contribution in [0.5, 0.6) is 0 Å². The van der Waals surface area contributed by atoms with Crippen molar-refractivity contribution in [1.29, 1.82) is 0 Å². The smallest absolute Gasteiger partial charge is 0.457 e. The van der Waals surface area contributed by atoms with Crippen molar-refractivity contribution in [2.24, 2.45) is 22.7 Å². The first kappa shape index (κ1) is 39.0. The summed E-state index contributed by atoms with van der Waals surface area (Å²) in [5.41, 5.74) is -13.5. The van der Waals surface area contributed by atoms with Crippen molar-refractivity contribution in [3.63, 3.8) is 0 Å². The van der Waals surface area contributed by atoms with Gasteiger partial charge in [0.15, 0.2) is 5.60 Å². The maximum Gasteiger partial charge on any atom is 0.457 e. The normalized spacial score (nSPS) is 24.9. The molecule has 0 aromatic heterocycles. The van der Waals surface area contributed by atoms with E-state index in [1.54, 1.807) is 0 Å². The Kier molecular flexibility index (Phi) is 10.9. The van der Waals surface area contributed by atoms with E-state index in [0.717, 1.165) is 20.8 Å². The second-order valence-electron chi connectivity index (χ2n) is 11.8.